The molecule has 106 valence electrons. The van der Waals surface area contributed by atoms with E-state index in [4.69, 9.17) is 5.14 Å². The molecule has 2 heterocycles. The van der Waals surface area contributed by atoms with Crippen LogP contribution in [0.15, 0.2) is 23.2 Å². The van der Waals surface area contributed by atoms with Gasteiger partial charge in [-0.3, -0.25) is 0 Å². The second kappa shape index (κ2) is 5.07. The van der Waals surface area contributed by atoms with Crippen LogP contribution in [-0.2, 0) is 10.0 Å². The third kappa shape index (κ3) is 3.43. The molecule has 0 spiro atoms. The lowest BCUT2D eigenvalue weighted by Gasteiger charge is -2.24. The fourth-order valence-corrected chi connectivity index (χ4v) is 3.02. The van der Waals surface area contributed by atoms with E-state index in [0.717, 1.165) is 6.42 Å². The maximum absolute atomic E-state index is 11.6. The Morgan fingerprint density at radius 1 is 1.42 bits per heavy atom. The first kappa shape index (κ1) is 14.2. The van der Waals surface area contributed by atoms with E-state index in [9.17, 15) is 13.5 Å². The largest absolute Gasteiger partial charge is 0.390 e. The van der Waals surface area contributed by atoms with E-state index < -0.39 is 15.6 Å². The summed E-state index contributed by atoms with van der Waals surface area (Å²) < 4.78 is 23.1. The van der Waals surface area contributed by atoms with Gasteiger partial charge >= 0.3 is 0 Å². The monoisotopic (exact) mass is 285 g/mol. The molecule has 1 aromatic heterocycles. The Morgan fingerprint density at radius 3 is 2.84 bits per heavy atom. The van der Waals surface area contributed by atoms with E-state index in [1.165, 1.54) is 6.07 Å². The van der Waals surface area contributed by atoms with Gasteiger partial charge in [-0.1, -0.05) is 0 Å². The Labute approximate surface area is 113 Å². The maximum Gasteiger partial charge on any atom is 0.241 e. The van der Waals surface area contributed by atoms with Crippen LogP contribution in [0.2, 0.25) is 0 Å². The normalized spacial score (nSPS) is 25.1. The number of pyridine rings is 1. The molecule has 7 heteroatoms. The van der Waals surface area contributed by atoms with Crippen LogP contribution >= 0.6 is 0 Å². The van der Waals surface area contributed by atoms with Gasteiger partial charge in [0.25, 0.3) is 0 Å². The molecule has 1 aliphatic heterocycles. The number of rotatable bonds is 2. The summed E-state index contributed by atoms with van der Waals surface area (Å²) >= 11 is 0. The summed E-state index contributed by atoms with van der Waals surface area (Å²) in [5.74, 6) is 0.378. The first-order chi connectivity index (χ1) is 8.80. The summed E-state index contributed by atoms with van der Waals surface area (Å²) in [6.07, 6.45) is 3.61. The number of nitrogens with zero attached hydrogens (tertiary/aromatic N) is 2. The summed E-state index contributed by atoms with van der Waals surface area (Å²) in [4.78, 5) is 6.06. The minimum Gasteiger partial charge on any atom is -0.390 e. The van der Waals surface area contributed by atoms with Crippen LogP contribution in [-0.4, -0.2) is 37.2 Å². The van der Waals surface area contributed by atoms with Gasteiger partial charge in [-0.05, 0) is 38.3 Å². The van der Waals surface area contributed by atoms with Crippen molar-refractivity contribution in [2.45, 2.75) is 36.7 Å². The van der Waals surface area contributed by atoms with Crippen molar-refractivity contribution in [2.75, 3.05) is 18.0 Å². The number of aromatic nitrogens is 1. The third-order valence-electron chi connectivity index (χ3n) is 3.42. The highest BCUT2D eigenvalue weighted by Gasteiger charge is 2.27. The van der Waals surface area contributed by atoms with Crippen LogP contribution in [0.5, 0.6) is 0 Å². The van der Waals surface area contributed by atoms with Gasteiger partial charge < -0.3 is 10.0 Å². The number of anilines is 1. The average Bonchev–Trinajstić information content (AvgIpc) is 2.49. The van der Waals surface area contributed by atoms with Crippen LogP contribution in [0.1, 0.15) is 26.2 Å². The highest BCUT2D eigenvalue weighted by molar-refractivity contribution is 7.89. The predicted octanol–water partition coefficient (Wildman–Crippen LogP) is 0.470. The molecular weight excluding hydrogens is 266 g/mol. The van der Waals surface area contributed by atoms with Crippen molar-refractivity contribution >= 4 is 15.8 Å². The number of nitrogens with two attached hydrogens (primary N) is 1. The Kier molecular flexibility index (Phi) is 3.80. The molecule has 1 saturated heterocycles. The fourth-order valence-electron chi connectivity index (χ4n) is 2.32. The van der Waals surface area contributed by atoms with E-state index in [1.807, 2.05) is 4.90 Å². The minimum atomic E-state index is -3.79. The van der Waals surface area contributed by atoms with E-state index in [0.29, 0.717) is 31.7 Å². The van der Waals surface area contributed by atoms with Crippen molar-refractivity contribution in [1.29, 1.82) is 0 Å². The molecule has 0 saturated carbocycles. The highest BCUT2D eigenvalue weighted by atomic mass is 32.2. The number of primary sulfonamides is 1. The van der Waals surface area contributed by atoms with Crippen molar-refractivity contribution in [1.82, 2.24) is 4.98 Å². The van der Waals surface area contributed by atoms with Crippen LogP contribution in [0.25, 0.3) is 0 Å². The molecule has 1 fully saturated rings. The Morgan fingerprint density at radius 2 is 2.16 bits per heavy atom. The van der Waals surface area contributed by atoms with Gasteiger partial charge in [0.2, 0.25) is 10.0 Å². The molecule has 0 radical (unpaired) electrons. The molecule has 1 aliphatic rings. The molecule has 19 heavy (non-hydrogen) atoms. The first-order valence-electron chi connectivity index (χ1n) is 6.25. The van der Waals surface area contributed by atoms with Crippen molar-refractivity contribution in [3.8, 4) is 0 Å². The third-order valence-corrected chi connectivity index (χ3v) is 4.35. The Hall–Kier alpha value is -1.18. The average molecular weight is 285 g/mol. The SMILES string of the molecule is CC1(O)CCCN(c2ncccc2S(N)(=O)=O)CC1. The molecule has 1 unspecified atom stereocenters. The lowest BCUT2D eigenvalue weighted by molar-refractivity contribution is 0.0481. The quantitative estimate of drug-likeness (QED) is 0.823. The number of aliphatic hydroxyl groups is 1. The van der Waals surface area contributed by atoms with Crippen LogP contribution in [0.3, 0.4) is 0 Å². The van der Waals surface area contributed by atoms with Gasteiger partial charge in [0, 0.05) is 19.3 Å². The lowest BCUT2D eigenvalue weighted by atomic mass is 9.98. The molecule has 6 nitrogen and oxygen atoms in total. The number of sulfonamides is 1. The summed E-state index contributed by atoms with van der Waals surface area (Å²) in [5.41, 5.74) is -0.703. The zero-order valence-corrected chi connectivity index (χ0v) is 11.7. The molecule has 1 atom stereocenters. The summed E-state index contributed by atoms with van der Waals surface area (Å²) in [5, 5.41) is 15.3. The molecule has 1 aromatic rings. The molecule has 0 amide bonds. The van der Waals surface area contributed by atoms with Crippen LogP contribution in [0, 0.1) is 0 Å². The van der Waals surface area contributed by atoms with E-state index in [-0.39, 0.29) is 4.90 Å². The topological polar surface area (TPSA) is 96.5 Å². The van der Waals surface area contributed by atoms with Gasteiger partial charge in [0.15, 0.2) is 0 Å². The van der Waals surface area contributed by atoms with E-state index in [2.05, 4.69) is 4.98 Å². The predicted molar refractivity (Wildman–Crippen MR) is 72.3 cm³/mol. The standard InChI is InChI=1S/C12H19N3O3S/c1-12(16)5-3-8-15(9-6-12)11-10(19(13,17)18)4-2-7-14-11/h2,4,7,16H,3,5-6,8-9H2,1H3,(H2,13,17,18). The van der Waals surface area contributed by atoms with E-state index >= 15 is 0 Å². The maximum atomic E-state index is 11.6. The van der Waals surface area contributed by atoms with Gasteiger partial charge in [-0.15, -0.1) is 0 Å². The van der Waals surface area contributed by atoms with Crippen molar-refractivity contribution in [3.63, 3.8) is 0 Å². The zero-order valence-electron chi connectivity index (χ0n) is 10.9. The van der Waals surface area contributed by atoms with E-state index in [1.54, 1.807) is 19.2 Å². The summed E-state index contributed by atoms with van der Waals surface area (Å²) in [6.45, 7) is 3.03. The summed E-state index contributed by atoms with van der Waals surface area (Å²) in [7, 11) is -3.79. The van der Waals surface area contributed by atoms with Crippen molar-refractivity contribution < 1.29 is 13.5 Å². The number of hydrogen-bond acceptors (Lipinski definition) is 5. The molecule has 3 N–H and O–H groups in total. The Bertz CT molecular complexity index is 557. The molecule has 0 aliphatic carbocycles. The smallest absolute Gasteiger partial charge is 0.241 e. The second-order valence-corrected chi connectivity index (χ2v) is 6.74. The number of hydrogen-bond donors (Lipinski definition) is 2. The molecule has 0 bridgehead atoms. The van der Waals surface area contributed by atoms with Gasteiger partial charge in [0.05, 0.1) is 5.60 Å². The van der Waals surface area contributed by atoms with Gasteiger partial charge in [-0.25, -0.2) is 18.5 Å². The Balaban J connectivity index is 2.32. The van der Waals surface area contributed by atoms with Crippen molar-refractivity contribution in [3.05, 3.63) is 18.3 Å². The van der Waals surface area contributed by atoms with Gasteiger partial charge in [-0.2, -0.15) is 0 Å². The van der Waals surface area contributed by atoms with Crippen LogP contribution < -0.4 is 10.0 Å². The van der Waals surface area contributed by atoms with Crippen LogP contribution in [0.4, 0.5) is 5.82 Å². The van der Waals surface area contributed by atoms with Crippen molar-refractivity contribution in [2.24, 2.45) is 5.14 Å². The second-order valence-electron chi connectivity index (χ2n) is 5.21. The summed E-state index contributed by atoms with van der Waals surface area (Å²) in [6, 6.07) is 3.01. The molecule has 0 aromatic carbocycles. The molecular formula is C12H19N3O3S. The highest BCUT2D eigenvalue weighted by Crippen LogP contribution is 2.27. The fraction of sp³-hybridized carbons (Fsp3) is 0.583. The van der Waals surface area contributed by atoms with Gasteiger partial charge in [0.1, 0.15) is 10.7 Å². The minimum absolute atomic E-state index is 0.0385. The first-order valence-corrected chi connectivity index (χ1v) is 7.79. The molecule has 2 rings (SSSR count). The zero-order chi connectivity index (χ0) is 14.1. The lowest BCUT2D eigenvalue weighted by Crippen LogP contribution is -2.30.